The molecule has 9 heteroatoms. The zero-order valence-electron chi connectivity index (χ0n) is 15.5. The minimum absolute atomic E-state index is 0.208. The lowest BCUT2D eigenvalue weighted by atomic mass is 10.2. The summed E-state index contributed by atoms with van der Waals surface area (Å²) in [4.78, 5) is 22.4. The van der Waals surface area contributed by atoms with Crippen LogP contribution in [0.1, 0.15) is 34.8 Å². The molecule has 1 atom stereocenters. The normalized spacial score (nSPS) is 13.2. The molecule has 1 aromatic carbocycles. The second kappa shape index (κ2) is 7.55. The maximum atomic E-state index is 12.7. The molecule has 1 aliphatic heterocycles. The van der Waals surface area contributed by atoms with Crippen LogP contribution in [0.15, 0.2) is 42.9 Å². The van der Waals surface area contributed by atoms with E-state index in [1.54, 1.807) is 48.5 Å². The van der Waals surface area contributed by atoms with Crippen LogP contribution in [0.2, 0.25) is 0 Å². The van der Waals surface area contributed by atoms with Gasteiger partial charge in [0.2, 0.25) is 6.79 Å². The first-order valence-corrected chi connectivity index (χ1v) is 8.71. The van der Waals surface area contributed by atoms with E-state index in [2.05, 4.69) is 20.2 Å². The van der Waals surface area contributed by atoms with Crippen molar-refractivity contribution in [3.63, 3.8) is 0 Å². The number of rotatable bonds is 6. The van der Waals surface area contributed by atoms with Crippen molar-refractivity contribution in [1.82, 2.24) is 25.1 Å². The molecule has 1 N–H and O–H groups in total. The molecular formula is C19H19N5O4. The standard InChI is InChI=1S/C19H19N5O4/c1-12(15-5-6-20-10-21-15)24(2)19(25)16-7-13(22-23-16)9-26-14-3-4-17-18(8-14)28-11-27-17/h3-8,10,12H,9,11H2,1-2H3,(H,22,23)/t12-/m1/s1. The fourth-order valence-corrected chi connectivity index (χ4v) is 2.78. The number of aromatic nitrogens is 4. The molecule has 3 heterocycles. The number of ether oxygens (including phenoxy) is 3. The lowest BCUT2D eigenvalue weighted by Gasteiger charge is -2.23. The van der Waals surface area contributed by atoms with Crippen molar-refractivity contribution in [2.75, 3.05) is 13.8 Å². The minimum atomic E-state index is -0.211. The number of aromatic amines is 1. The summed E-state index contributed by atoms with van der Waals surface area (Å²) in [5.74, 6) is 1.78. The van der Waals surface area contributed by atoms with Crippen LogP contribution in [0, 0.1) is 0 Å². The molecule has 4 rings (SSSR count). The Hall–Kier alpha value is -3.62. The molecule has 2 aromatic heterocycles. The van der Waals surface area contributed by atoms with Crippen LogP contribution in [0.4, 0.5) is 0 Å². The van der Waals surface area contributed by atoms with Crippen LogP contribution in [-0.2, 0) is 6.61 Å². The Bertz CT molecular complexity index is 975. The van der Waals surface area contributed by atoms with Crippen LogP contribution < -0.4 is 14.2 Å². The Kier molecular flexibility index (Phi) is 4.79. The van der Waals surface area contributed by atoms with Crippen molar-refractivity contribution in [2.45, 2.75) is 19.6 Å². The zero-order chi connectivity index (χ0) is 19.5. The van der Waals surface area contributed by atoms with Gasteiger partial charge >= 0.3 is 0 Å². The summed E-state index contributed by atoms with van der Waals surface area (Å²) in [5.41, 5.74) is 1.75. The third kappa shape index (κ3) is 3.59. The number of benzene rings is 1. The van der Waals surface area contributed by atoms with Crippen molar-refractivity contribution in [1.29, 1.82) is 0 Å². The predicted octanol–water partition coefficient (Wildman–Crippen LogP) is 2.34. The lowest BCUT2D eigenvalue weighted by molar-refractivity contribution is 0.0733. The van der Waals surface area contributed by atoms with Gasteiger partial charge in [-0.15, -0.1) is 0 Å². The van der Waals surface area contributed by atoms with Crippen LogP contribution in [0.5, 0.6) is 17.2 Å². The van der Waals surface area contributed by atoms with Gasteiger partial charge in [0.1, 0.15) is 18.7 Å². The van der Waals surface area contributed by atoms with Crippen LogP contribution in [-0.4, -0.2) is 44.8 Å². The number of hydrogen-bond donors (Lipinski definition) is 1. The summed E-state index contributed by atoms with van der Waals surface area (Å²) in [7, 11) is 1.71. The molecule has 0 aliphatic carbocycles. The SMILES string of the molecule is C[C@H](c1ccncn1)N(C)C(=O)c1cc(COc2ccc3c(c2)OCO3)[nH]n1. The Morgan fingerprint density at radius 3 is 2.96 bits per heavy atom. The molecular weight excluding hydrogens is 362 g/mol. The van der Waals surface area contributed by atoms with Crippen LogP contribution >= 0.6 is 0 Å². The Morgan fingerprint density at radius 1 is 1.29 bits per heavy atom. The summed E-state index contributed by atoms with van der Waals surface area (Å²) >= 11 is 0. The van der Waals surface area contributed by atoms with Crippen molar-refractivity contribution in [3.05, 3.63) is 59.9 Å². The molecule has 0 radical (unpaired) electrons. The number of carbonyl (C=O) groups excluding carboxylic acids is 1. The highest BCUT2D eigenvalue weighted by Crippen LogP contribution is 2.35. The quantitative estimate of drug-likeness (QED) is 0.699. The highest BCUT2D eigenvalue weighted by Gasteiger charge is 2.22. The van der Waals surface area contributed by atoms with Gasteiger partial charge in [0.05, 0.1) is 17.4 Å². The van der Waals surface area contributed by atoms with Gasteiger partial charge in [-0.2, -0.15) is 5.10 Å². The number of hydrogen-bond acceptors (Lipinski definition) is 7. The first kappa shape index (κ1) is 17.8. The molecule has 0 fully saturated rings. The maximum Gasteiger partial charge on any atom is 0.274 e. The van der Waals surface area contributed by atoms with E-state index in [0.717, 1.165) is 5.69 Å². The zero-order valence-corrected chi connectivity index (χ0v) is 15.5. The minimum Gasteiger partial charge on any atom is -0.487 e. The fourth-order valence-electron chi connectivity index (χ4n) is 2.78. The summed E-state index contributed by atoms with van der Waals surface area (Å²) in [6.07, 6.45) is 3.11. The van der Waals surface area contributed by atoms with Gasteiger partial charge in [-0.05, 0) is 31.2 Å². The van der Waals surface area contributed by atoms with E-state index in [1.807, 2.05) is 6.92 Å². The second-order valence-corrected chi connectivity index (χ2v) is 6.31. The molecule has 0 unspecified atom stereocenters. The molecule has 0 spiro atoms. The first-order chi connectivity index (χ1) is 13.6. The Morgan fingerprint density at radius 2 is 2.14 bits per heavy atom. The van der Waals surface area contributed by atoms with E-state index < -0.39 is 0 Å². The number of nitrogens with one attached hydrogen (secondary N) is 1. The van der Waals surface area contributed by atoms with Crippen molar-refractivity contribution >= 4 is 5.91 Å². The molecule has 0 bridgehead atoms. The number of nitrogens with zero attached hydrogens (tertiary/aromatic N) is 4. The van der Waals surface area contributed by atoms with Gasteiger partial charge in [-0.25, -0.2) is 9.97 Å². The Balaban J connectivity index is 1.39. The average Bonchev–Trinajstić information content (AvgIpc) is 3.40. The van der Waals surface area contributed by atoms with E-state index in [4.69, 9.17) is 14.2 Å². The van der Waals surface area contributed by atoms with E-state index >= 15 is 0 Å². The molecule has 28 heavy (non-hydrogen) atoms. The highest BCUT2D eigenvalue weighted by atomic mass is 16.7. The highest BCUT2D eigenvalue weighted by molar-refractivity contribution is 5.92. The first-order valence-electron chi connectivity index (χ1n) is 8.71. The molecule has 3 aromatic rings. The second-order valence-electron chi connectivity index (χ2n) is 6.31. The summed E-state index contributed by atoms with van der Waals surface area (Å²) in [6.45, 7) is 2.35. The lowest BCUT2D eigenvalue weighted by Crippen LogP contribution is -2.30. The summed E-state index contributed by atoms with van der Waals surface area (Å²) in [6, 6.07) is 8.61. The maximum absolute atomic E-state index is 12.7. The number of carbonyl (C=O) groups is 1. The van der Waals surface area contributed by atoms with Crippen molar-refractivity contribution in [2.24, 2.45) is 0 Å². The topological polar surface area (TPSA) is 102 Å². The predicted molar refractivity (Wildman–Crippen MR) is 98.0 cm³/mol. The largest absolute Gasteiger partial charge is 0.487 e. The molecule has 1 aliphatic rings. The molecule has 0 saturated heterocycles. The van der Waals surface area contributed by atoms with Gasteiger partial charge in [-0.1, -0.05) is 0 Å². The Labute approximate surface area is 161 Å². The van der Waals surface area contributed by atoms with Crippen LogP contribution in [0.25, 0.3) is 0 Å². The van der Waals surface area contributed by atoms with E-state index in [0.29, 0.717) is 28.6 Å². The smallest absolute Gasteiger partial charge is 0.274 e. The fraction of sp³-hybridized carbons (Fsp3) is 0.263. The third-order valence-corrected chi connectivity index (χ3v) is 4.52. The molecule has 144 valence electrons. The average molecular weight is 381 g/mol. The molecule has 9 nitrogen and oxygen atoms in total. The van der Waals surface area contributed by atoms with E-state index in [1.165, 1.54) is 6.33 Å². The third-order valence-electron chi connectivity index (χ3n) is 4.52. The van der Waals surface area contributed by atoms with Gasteiger partial charge in [-0.3, -0.25) is 9.89 Å². The van der Waals surface area contributed by atoms with Crippen molar-refractivity contribution < 1.29 is 19.0 Å². The van der Waals surface area contributed by atoms with E-state index in [-0.39, 0.29) is 25.3 Å². The van der Waals surface area contributed by atoms with Crippen LogP contribution in [0.3, 0.4) is 0 Å². The number of H-pyrrole nitrogens is 1. The number of amides is 1. The monoisotopic (exact) mass is 381 g/mol. The van der Waals surface area contributed by atoms with Gasteiger partial charge in [0, 0.05) is 19.3 Å². The molecule has 0 saturated carbocycles. The van der Waals surface area contributed by atoms with E-state index in [9.17, 15) is 4.79 Å². The number of fused-ring (bicyclic) bond motifs is 1. The summed E-state index contributed by atoms with van der Waals surface area (Å²) < 4.78 is 16.3. The van der Waals surface area contributed by atoms with Gasteiger partial charge in [0.25, 0.3) is 5.91 Å². The summed E-state index contributed by atoms with van der Waals surface area (Å²) in [5, 5.41) is 6.95. The van der Waals surface area contributed by atoms with Gasteiger partial charge < -0.3 is 19.1 Å². The van der Waals surface area contributed by atoms with Gasteiger partial charge in [0.15, 0.2) is 17.2 Å². The van der Waals surface area contributed by atoms with Crippen molar-refractivity contribution in [3.8, 4) is 17.2 Å². The molecule has 1 amide bonds.